The van der Waals surface area contributed by atoms with Crippen molar-refractivity contribution in [2.24, 2.45) is 0 Å². The Labute approximate surface area is 163 Å². The standard InChI is InChI=1S/C22H17NO4S/c1-13-7-8-14(2)20(11-13)23-28(26,27)15-9-10-18-19(12-15)22(25)17-6-4-3-5-16(17)21(18)24/h3-12,23H,1-2H3. The summed E-state index contributed by atoms with van der Waals surface area (Å²) in [6.45, 7) is 3.68. The maximum Gasteiger partial charge on any atom is 0.261 e. The number of anilines is 1. The Morgan fingerprint density at radius 1 is 0.714 bits per heavy atom. The molecule has 3 aromatic rings. The van der Waals surface area contributed by atoms with E-state index in [2.05, 4.69) is 4.72 Å². The SMILES string of the molecule is Cc1ccc(C)c(NS(=O)(=O)c2ccc3c(c2)C(=O)c2ccccc2C3=O)c1. The summed E-state index contributed by atoms with van der Waals surface area (Å²) in [5, 5.41) is 0. The maximum absolute atomic E-state index is 12.9. The minimum absolute atomic E-state index is 0.0623. The van der Waals surface area contributed by atoms with Gasteiger partial charge < -0.3 is 0 Å². The van der Waals surface area contributed by atoms with Crippen molar-refractivity contribution in [3.8, 4) is 0 Å². The van der Waals surface area contributed by atoms with Crippen molar-refractivity contribution < 1.29 is 18.0 Å². The van der Waals surface area contributed by atoms with Crippen molar-refractivity contribution in [1.82, 2.24) is 0 Å². The van der Waals surface area contributed by atoms with Crippen LogP contribution in [-0.4, -0.2) is 20.0 Å². The number of ketones is 2. The highest BCUT2D eigenvalue weighted by atomic mass is 32.2. The zero-order chi connectivity index (χ0) is 20.1. The number of sulfonamides is 1. The van der Waals surface area contributed by atoms with Crippen LogP contribution in [0.2, 0.25) is 0 Å². The van der Waals surface area contributed by atoms with Crippen LogP contribution in [0, 0.1) is 13.8 Å². The lowest BCUT2D eigenvalue weighted by Crippen LogP contribution is -2.22. The molecule has 0 bridgehead atoms. The minimum Gasteiger partial charge on any atom is -0.289 e. The summed E-state index contributed by atoms with van der Waals surface area (Å²) < 4.78 is 28.3. The van der Waals surface area contributed by atoms with Gasteiger partial charge in [0.15, 0.2) is 11.6 Å². The molecule has 4 rings (SSSR count). The summed E-state index contributed by atoms with van der Waals surface area (Å²) >= 11 is 0. The van der Waals surface area contributed by atoms with Gasteiger partial charge in [-0.25, -0.2) is 8.42 Å². The van der Waals surface area contributed by atoms with Gasteiger partial charge >= 0.3 is 0 Å². The van der Waals surface area contributed by atoms with Gasteiger partial charge in [-0.15, -0.1) is 0 Å². The van der Waals surface area contributed by atoms with E-state index in [1.165, 1.54) is 18.2 Å². The fourth-order valence-electron chi connectivity index (χ4n) is 3.30. The van der Waals surface area contributed by atoms with Crippen LogP contribution in [0.3, 0.4) is 0 Å². The van der Waals surface area contributed by atoms with Gasteiger partial charge in [-0.3, -0.25) is 14.3 Å². The Bertz CT molecular complexity index is 1260. The Morgan fingerprint density at radius 3 is 2.00 bits per heavy atom. The molecule has 0 heterocycles. The highest BCUT2D eigenvalue weighted by Crippen LogP contribution is 2.30. The second-order valence-corrected chi connectivity index (χ2v) is 8.52. The van der Waals surface area contributed by atoms with Crippen molar-refractivity contribution in [3.05, 3.63) is 94.0 Å². The fourth-order valence-corrected chi connectivity index (χ4v) is 4.44. The molecule has 1 aliphatic rings. The first-order chi connectivity index (χ1) is 13.3. The molecule has 0 aliphatic heterocycles. The number of nitrogens with one attached hydrogen (secondary N) is 1. The summed E-state index contributed by atoms with van der Waals surface area (Å²) in [5.74, 6) is -0.634. The van der Waals surface area contributed by atoms with E-state index in [4.69, 9.17) is 0 Å². The van der Waals surface area contributed by atoms with E-state index in [-0.39, 0.29) is 33.2 Å². The monoisotopic (exact) mass is 391 g/mol. The maximum atomic E-state index is 12.9. The lowest BCUT2D eigenvalue weighted by molar-refractivity contribution is 0.0979. The molecular weight excluding hydrogens is 374 g/mol. The van der Waals surface area contributed by atoms with Crippen LogP contribution in [0.4, 0.5) is 5.69 Å². The van der Waals surface area contributed by atoms with Crippen molar-refractivity contribution in [1.29, 1.82) is 0 Å². The molecule has 140 valence electrons. The van der Waals surface area contributed by atoms with E-state index in [1.807, 2.05) is 26.0 Å². The van der Waals surface area contributed by atoms with E-state index < -0.39 is 10.0 Å². The van der Waals surface area contributed by atoms with Gasteiger partial charge in [0.05, 0.1) is 10.6 Å². The Morgan fingerprint density at radius 2 is 1.32 bits per heavy atom. The molecule has 0 amide bonds. The first kappa shape index (κ1) is 18.1. The fraction of sp³-hybridized carbons (Fsp3) is 0.0909. The second-order valence-electron chi connectivity index (χ2n) is 6.84. The van der Waals surface area contributed by atoms with Crippen molar-refractivity contribution >= 4 is 27.3 Å². The smallest absolute Gasteiger partial charge is 0.261 e. The van der Waals surface area contributed by atoms with Crippen LogP contribution in [0.5, 0.6) is 0 Å². The summed E-state index contributed by atoms with van der Waals surface area (Å²) in [7, 11) is -3.92. The molecule has 0 fully saturated rings. The Kier molecular flexibility index (Phi) is 4.16. The van der Waals surface area contributed by atoms with Gasteiger partial charge in [-0.05, 0) is 49.2 Å². The molecule has 28 heavy (non-hydrogen) atoms. The highest BCUT2D eigenvalue weighted by Gasteiger charge is 2.30. The number of rotatable bonds is 3. The van der Waals surface area contributed by atoms with E-state index >= 15 is 0 Å². The van der Waals surface area contributed by atoms with Gasteiger partial charge in [-0.1, -0.05) is 36.4 Å². The first-order valence-corrected chi connectivity index (χ1v) is 10.2. The number of fused-ring (bicyclic) bond motifs is 2. The average Bonchev–Trinajstić information content (AvgIpc) is 2.68. The van der Waals surface area contributed by atoms with Gasteiger partial charge in [0, 0.05) is 22.3 Å². The third-order valence-electron chi connectivity index (χ3n) is 4.84. The second kappa shape index (κ2) is 6.42. The topological polar surface area (TPSA) is 80.3 Å². The Hall–Kier alpha value is -3.25. The third-order valence-corrected chi connectivity index (χ3v) is 6.21. The highest BCUT2D eigenvalue weighted by molar-refractivity contribution is 7.92. The lowest BCUT2D eigenvalue weighted by Gasteiger charge is -2.18. The zero-order valence-electron chi connectivity index (χ0n) is 15.3. The largest absolute Gasteiger partial charge is 0.289 e. The molecule has 0 aromatic heterocycles. The Balaban J connectivity index is 1.78. The molecule has 0 spiro atoms. The number of hydrogen-bond donors (Lipinski definition) is 1. The number of carbonyl (C=O) groups is 2. The predicted octanol–water partition coefficient (Wildman–Crippen LogP) is 3.88. The molecule has 0 atom stereocenters. The number of aryl methyl sites for hydroxylation is 2. The normalized spacial score (nSPS) is 13.1. The lowest BCUT2D eigenvalue weighted by atomic mass is 9.84. The zero-order valence-corrected chi connectivity index (χ0v) is 16.1. The molecule has 5 nitrogen and oxygen atoms in total. The van der Waals surface area contributed by atoms with Crippen LogP contribution in [0.1, 0.15) is 43.0 Å². The molecule has 0 saturated carbocycles. The predicted molar refractivity (Wildman–Crippen MR) is 106 cm³/mol. The van der Waals surface area contributed by atoms with Crippen LogP contribution >= 0.6 is 0 Å². The van der Waals surface area contributed by atoms with Crippen molar-refractivity contribution in [3.63, 3.8) is 0 Å². The average molecular weight is 391 g/mol. The summed E-state index contributed by atoms with van der Waals surface area (Å²) in [5.41, 5.74) is 3.13. The van der Waals surface area contributed by atoms with Gasteiger partial charge in [0.1, 0.15) is 0 Å². The quantitative estimate of drug-likeness (QED) is 0.575. The van der Waals surface area contributed by atoms with Gasteiger partial charge in [-0.2, -0.15) is 0 Å². The molecule has 0 saturated heterocycles. The number of hydrogen-bond acceptors (Lipinski definition) is 4. The third kappa shape index (κ3) is 2.92. The molecule has 0 radical (unpaired) electrons. The van der Waals surface area contributed by atoms with E-state index in [0.29, 0.717) is 11.3 Å². The van der Waals surface area contributed by atoms with E-state index in [1.54, 1.807) is 30.3 Å². The molecule has 0 unspecified atom stereocenters. The molecular formula is C22H17NO4S. The molecule has 1 N–H and O–H groups in total. The molecule has 1 aliphatic carbocycles. The van der Waals surface area contributed by atoms with Crippen LogP contribution < -0.4 is 4.72 Å². The van der Waals surface area contributed by atoms with E-state index in [0.717, 1.165) is 11.1 Å². The number of benzene rings is 3. The van der Waals surface area contributed by atoms with Crippen molar-refractivity contribution in [2.75, 3.05) is 4.72 Å². The molecule has 3 aromatic carbocycles. The van der Waals surface area contributed by atoms with Crippen LogP contribution in [0.15, 0.2) is 65.6 Å². The van der Waals surface area contributed by atoms with Crippen LogP contribution in [-0.2, 0) is 10.0 Å². The minimum atomic E-state index is -3.92. The summed E-state index contributed by atoms with van der Waals surface area (Å²) in [6, 6.07) is 16.1. The number of carbonyl (C=O) groups excluding carboxylic acids is 2. The van der Waals surface area contributed by atoms with E-state index in [9.17, 15) is 18.0 Å². The van der Waals surface area contributed by atoms with Crippen molar-refractivity contribution in [2.45, 2.75) is 18.7 Å². The van der Waals surface area contributed by atoms with Crippen LogP contribution in [0.25, 0.3) is 0 Å². The summed E-state index contributed by atoms with van der Waals surface area (Å²) in [4.78, 5) is 25.4. The first-order valence-electron chi connectivity index (χ1n) is 8.70. The van der Waals surface area contributed by atoms with Gasteiger partial charge in [0.25, 0.3) is 10.0 Å². The molecule has 6 heteroatoms. The summed E-state index contributed by atoms with van der Waals surface area (Å²) in [6.07, 6.45) is 0. The van der Waals surface area contributed by atoms with Gasteiger partial charge in [0.2, 0.25) is 0 Å².